The number of esters is 1. The van der Waals surface area contributed by atoms with Crippen LogP contribution in [0.5, 0.6) is 0 Å². The molecule has 0 bridgehead atoms. The maximum atomic E-state index is 12.0. The minimum absolute atomic E-state index is 0.210. The smallest absolute Gasteiger partial charge is 0.303 e. The predicted molar refractivity (Wildman–Crippen MR) is 133 cm³/mol. The standard InChI is InChI=1S/C27H34O6S/c1-4-16-27(34-5-2)26(32-20(3)28)24(29)25(31-18-22-14-10-7-11-15-22)23(33-27)19-30-17-21-12-8-6-9-13-21/h4,6-15,23-26,29H,1,5,16-19H2,2-3H3/t23-,24+,25-,26-,27+/m1/s1. The van der Waals surface area contributed by atoms with Crippen molar-refractivity contribution in [2.45, 2.75) is 62.8 Å². The second-order valence-corrected chi connectivity index (χ2v) is 9.73. The zero-order valence-electron chi connectivity index (χ0n) is 19.8. The molecule has 0 aliphatic carbocycles. The van der Waals surface area contributed by atoms with Gasteiger partial charge in [-0.15, -0.1) is 18.3 Å². The number of carbonyl (C=O) groups excluding carboxylic acids is 1. The molecule has 6 nitrogen and oxygen atoms in total. The number of aliphatic hydroxyl groups excluding tert-OH is 1. The lowest BCUT2D eigenvalue weighted by Gasteiger charge is -2.50. The fourth-order valence-electron chi connectivity index (χ4n) is 4.13. The van der Waals surface area contributed by atoms with Gasteiger partial charge in [0.15, 0.2) is 11.0 Å². The van der Waals surface area contributed by atoms with Crippen LogP contribution in [0.1, 0.15) is 31.4 Å². The first kappa shape index (κ1) is 26.4. The number of thioether (sulfide) groups is 1. The van der Waals surface area contributed by atoms with Crippen LogP contribution in [-0.4, -0.2) is 52.8 Å². The molecule has 0 unspecified atom stereocenters. The SMILES string of the molecule is C=CC[C@@]1(SCC)O[C@H](COCc2ccccc2)[C@@H](OCc2ccccc2)[C@H](O)[C@H]1OC(C)=O. The summed E-state index contributed by atoms with van der Waals surface area (Å²) in [6.45, 7) is 8.09. The van der Waals surface area contributed by atoms with Crippen LogP contribution in [0.3, 0.4) is 0 Å². The van der Waals surface area contributed by atoms with Gasteiger partial charge in [0.1, 0.15) is 18.3 Å². The number of hydrogen-bond donors (Lipinski definition) is 1. The predicted octanol–water partition coefficient (Wildman–Crippen LogP) is 4.51. The van der Waals surface area contributed by atoms with E-state index in [4.69, 9.17) is 18.9 Å². The second-order valence-electron chi connectivity index (χ2n) is 8.18. The highest BCUT2D eigenvalue weighted by Crippen LogP contribution is 2.44. The Morgan fingerprint density at radius 2 is 1.74 bits per heavy atom. The van der Waals surface area contributed by atoms with Crippen LogP contribution < -0.4 is 0 Å². The van der Waals surface area contributed by atoms with Crippen molar-refractivity contribution in [3.05, 3.63) is 84.4 Å². The molecule has 34 heavy (non-hydrogen) atoms. The van der Waals surface area contributed by atoms with Gasteiger partial charge in [-0.3, -0.25) is 4.79 Å². The summed E-state index contributed by atoms with van der Waals surface area (Å²) in [6.07, 6.45) is -1.24. The van der Waals surface area contributed by atoms with E-state index in [1.807, 2.05) is 67.6 Å². The Morgan fingerprint density at radius 3 is 2.29 bits per heavy atom. The highest BCUT2D eigenvalue weighted by atomic mass is 32.2. The number of ether oxygens (including phenoxy) is 4. The van der Waals surface area contributed by atoms with Gasteiger partial charge in [-0.25, -0.2) is 0 Å². The summed E-state index contributed by atoms with van der Waals surface area (Å²) in [7, 11) is 0. The van der Waals surface area contributed by atoms with E-state index in [2.05, 4.69) is 6.58 Å². The molecule has 2 aromatic rings. The summed E-state index contributed by atoms with van der Waals surface area (Å²) < 4.78 is 24.4. The molecule has 0 spiro atoms. The third kappa shape index (κ3) is 6.93. The minimum Gasteiger partial charge on any atom is -0.456 e. The molecular weight excluding hydrogens is 452 g/mol. The summed E-state index contributed by atoms with van der Waals surface area (Å²) in [5.41, 5.74) is 2.01. The van der Waals surface area contributed by atoms with Crippen LogP contribution in [0.15, 0.2) is 73.3 Å². The third-order valence-corrected chi connectivity index (χ3v) is 6.86. The van der Waals surface area contributed by atoms with Gasteiger partial charge in [0, 0.05) is 13.3 Å². The van der Waals surface area contributed by atoms with Crippen molar-refractivity contribution in [2.24, 2.45) is 0 Å². The number of carbonyl (C=O) groups is 1. The first-order valence-electron chi connectivity index (χ1n) is 11.5. The molecule has 2 aromatic carbocycles. The first-order chi connectivity index (χ1) is 16.5. The van der Waals surface area contributed by atoms with Crippen molar-refractivity contribution in [3.63, 3.8) is 0 Å². The molecule has 184 valence electrons. The van der Waals surface area contributed by atoms with E-state index in [0.717, 1.165) is 11.1 Å². The molecule has 1 saturated heterocycles. The Labute approximate surface area is 206 Å². The van der Waals surface area contributed by atoms with Crippen molar-refractivity contribution in [2.75, 3.05) is 12.4 Å². The number of benzene rings is 2. The molecule has 1 heterocycles. The Bertz CT molecular complexity index is 893. The maximum Gasteiger partial charge on any atom is 0.303 e. The van der Waals surface area contributed by atoms with E-state index >= 15 is 0 Å². The zero-order valence-corrected chi connectivity index (χ0v) is 20.6. The molecule has 1 fully saturated rings. The van der Waals surface area contributed by atoms with Gasteiger partial charge in [-0.1, -0.05) is 73.7 Å². The normalized spacial score (nSPS) is 26.7. The average molecular weight is 487 g/mol. The molecule has 1 aliphatic heterocycles. The van der Waals surface area contributed by atoms with Gasteiger partial charge in [0.05, 0.1) is 19.8 Å². The molecule has 0 radical (unpaired) electrons. The fourth-order valence-corrected chi connectivity index (χ4v) is 5.40. The number of aliphatic hydroxyl groups is 1. The summed E-state index contributed by atoms with van der Waals surface area (Å²) in [4.78, 5) is 11.0. The van der Waals surface area contributed by atoms with Crippen LogP contribution in [0.4, 0.5) is 0 Å². The van der Waals surface area contributed by atoms with Crippen LogP contribution >= 0.6 is 11.8 Å². The summed E-state index contributed by atoms with van der Waals surface area (Å²) in [5.74, 6) is 0.212. The largest absolute Gasteiger partial charge is 0.456 e. The van der Waals surface area contributed by atoms with Crippen molar-refractivity contribution in [3.8, 4) is 0 Å². The summed E-state index contributed by atoms with van der Waals surface area (Å²) >= 11 is 1.49. The monoisotopic (exact) mass is 486 g/mol. The van der Waals surface area contributed by atoms with Crippen LogP contribution in [0.2, 0.25) is 0 Å². The zero-order chi connectivity index (χ0) is 24.4. The lowest BCUT2D eigenvalue weighted by Crippen LogP contribution is -2.65. The van der Waals surface area contributed by atoms with Gasteiger partial charge in [0.2, 0.25) is 0 Å². The number of hydrogen-bond acceptors (Lipinski definition) is 7. The molecule has 7 heteroatoms. The Hall–Kier alpha value is -2.16. The van der Waals surface area contributed by atoms with E-state index < -0.39 is 35.3 Å². The minimum atomic E-state index is -1.11. The molecule has 0 amide bonds. The van der Waals surface area contributed by atoms with Gasteiger partial charge >= 0.3 is 5.97 Å². The summed E-state index contributed by atoms with van der Waals surface area (Å²) in [5, 5.41) is 11.4. The van der Waals surface area contributed by atoms with Gasteiger partial charge in [0.25, 0.3) is 0 Å². The topological polar surface area (TPSA) is 74.2 Å². The van der Waals surface area contributed by atoms with E-state index in [1.165, 1.54) is 18.7 Å². The van der Waals surface area contributed by atoms with E-state index in [-0.39, 0.29) is 13.2 Å². The maximum absolute atomic E-state index is 12.0. The molecule has 1 aliphatic rings. The van der Waals surface area contributed by atoms with Gasteiger partial charge in [-0.2, -0.15) is 0 Å². The Kier molecular flexibility index (Phi) is 10.2. The Balaban J connectivity index is 1.84. The van der Waals surface area contributed by atoms with E-state index in [0.29, 0.717) is 18.8 Å². The molecular formula is C27H34O6S. The molecule has 5 atom stereocenters. The van der Waals surface area contributed by atoms with Gasteiger partial charge < -0.3 is 24.1 Å². The molecule has 0 aromatic heterocycles. The average Bonchev–Trinajstić information content (AvgIpc) is 2.83. The number of rotatable bonds is 12. The van der Waals surface area contributed by atoms with Crippen LogP contribution in [0.25, 0.3) is 0 Å². The highest BCUT2D eigenvalue weighted by Gasteiger charge is 2.56. The van der Waals surface area contributed by atoms with Crippen molar-refractivity contribution < 1.29 is 28.8 Å². The fraction of sp³-hybridized carbons (Fsp3) is 0.444. The first-order valence-corrected chi connectivity index (χ1v) is 12.5. The highest BCUT2D eigenvalue weighted by molar-refractivity contribution is 8.00. The Morgan fingerprint density at radius 1 is 1.12 bits per heavy atom. The van der Waals surface area contributed by atoms with Crippen molar-refractivity contribution in [1.82, 2.24) is 0 Å². The van der Waals surface area contributed by atoms with Crippen LogP contribution in [0, 0.1) is 0 Å². The lowest BCUT2D eigenvalue weighted by molar-refractivity contribution is -0.263. The molecule has 1 N–H and O–H groups in total. The van der Waals surface area contributed by atoms with Crippen molar-refractivity contribution >= 4 is 17.7 Å². The van der Waals surface area contributed by atoms with Crippen LogP contribution in [-0.2, 0) is 37.0 Å². The lowest BCUT2D eigenvalue weighted by atomic mass is 9.92. The third-order valence-electron chi connectivity index (χ3n) is 5.59. The summed E-state index contributed by atoms with van der Waals surface area (Å²) in [6, 6.07) is 19.6. The van der Waals surface area contributed by atoms with Gasteiger partial charge in [-0.05, 0) is 16.9 Å². The van der Waals surface area contributed by atoms with E-state index in [1.54, 1.807) is 6.08 Å². The quantitative estimate of drug-likeness (QED) is 0.350. The van der Waals surface area contributed by atoms with E-state index in [9.17, 15) is 9.90 Å². The second kappa shape index (κ2) is 13.1. The van der Waals surface area contributed by atoms with Crippen molar-refractivity contribution in [1.29, 1.82) is 0 Å². The molecule has 0 saturated carbocycles. The molecule has 3 rings (SSSR count).